The van der Waals surface area contributed by atoms with E-state index < -0.39 is 0 Å². The highest BCUT2D eigenvalue weighted by Crippen LogP contribution is 2.07. The summed E-state index contributed by atoms with van der Waals surface area (Å²) in [6, 6.07) is 1.34. The van der Waals surface area contributed by atoms with Crippen molar-refractivity contribution in [2.75, 3.05) is 46.3 Å². The van der Waals surface area contributed by atoms with Crippen LogP contribution in [0.25, 0.3) is 0 Å². The fourth-order valence-corrected chi connectivity index (χ4v) is 2.66. The Bertz CT molecular complexity index is 188. The van der Waals surface area contributed by atoms with E-state index >= 15 is 0 Å². The van der Waals surface area contributed by atoms with Crippen LogP contribution in [-0.2, 0) is 0 Å². The molecule has 1 fully saturated rings. The zero-order valence-electron chi connectivity index (χ0n) is 12.4. The molecule has 17 heavy (non-hydrogen) atoms. The molecule has 1 aliphatic heterocycles. The lowest BCUT2D eigenvalue weighted by Crippen LogP contribution is -2.45. The highest BCUT2D eigenvalue weighted by Gasteiger charge is 2.15. The summed E-state index contributed by atoms with van der Waals surface area (Å²) in [5.74, 6) is 0. The second kappa shape index (κ2) is 7.34. The standard InChI is InChI=1S/C14H31N3/c1-13(2)17(14(3)4)8-6-7-16-11-9-15(5)10-12-16/h13-14H,6-12H2,1-5H3. The number of hydrogen-bond donors (Lipinski definition) is 0. The minimum Gasteiger partial charge on any atom is -0.304 e. The average molecular weight is 241 g/mol. The first-order chi connectivity index (χ1) is 8.00. The van der Waals surface area contributed by atoms with E-state index in [1.807, 2.05) is 0 Å². The number of hydrogen-bond acceptors (Lipinski definition) is 3. The molecule has 0 unspecified atom stereocenters. The molecule has 1 saturated heterocycles. The molecule has 3 heteroatoms. The molecular weight excluding hydrogens is 210 g/mol. The van der Waals surface area contributed by atoms with Crippen LogP contribution in [0.5, 0.6) is 0 Å². The summed E-state index contributed by atoms with van der Waals surface area (Å²) >= 11 is 0. The summed E-state index contributed by atoms with van der Waals surface area (Å²) in [5, 5.41) is 0. The van der Waals surface area contributed by atoms with Gasteiger partial charge in [-0.15, -0.1) is 0 Å². The molecule has 0 aromatic heterocycles. The minimum atomic E-state index is 0.669. The maximum Gasteiger partial charge on any atom is 0.0110 e. The minimum absolute atomic E-state index is 0.669. The van der Waals surface area contributed by atoms with Gasteiger partial charge in [-0.3, -0.25) is 4.90 Å². The maximum atomic E-state index is 2.61. The molecule has 0 amide bonds. The molecule has 0 atom stereocenters. The van der Waals surface area contributed by atoms with E-state index in [0.29, 0.717) is 12.1 Å². The molecule has 0 spiro atoms. The third-order valence-corrected chi connectivity index (χ3v) is 3.81. The number of piperazine rings is 1. The third kappa shape index (κ3) is 5.36. The Morgan fingerprint density at radius 1 is 0.941 bits per heavy atom. The van der Waals surface area contributed by atoms with Gasteiger partial charge in [-0.25, -0.2) is 0 Å². The summed E-state index contributed by atoms with van der Waals surface area (Å²) in [7, 11) is 2.22. The molecule has 1 aliphatic rings. The van der Waals surface area contributed by atoms with E-state index in [4.69, 9.17) is 0 Å². The Kier molecular flexibility index (Phi) is 6.45. The topological polar surface area (TPSA) is 9.72 Å². The van der Waals surface area contributed by atoms with Gasteiger partial charge in [0.15, 0.2) is 0 Å². The second-order valence-corrected chi connectivity index (χ2v) is 5.92. The molecule has 102 valence electrons. The number of rotatable bonds is 6. The van der Waals surface area contributed by atoms with Crippen LogP contribution in [0.15, 0.2) is 0 Å². The monoisotopic (exact) mass is 241 g/mol. The Labute approximate surface area is 108 Å². The van der Waals surface area contributed by atoms with Crippen molar-refractivity contribution in [3.63, 3.8) is 0 Å². The molecular formula is C14H31N3. The van der Waals surface area contributed by atoms with E-state index in [-0.39, 0.29) is 0 Å². The molecule has 0 aromatic rings. The Hall–Kier alpha value is -0.120. The predicted molar refractivity (Wildman–Crippen MR) is 75.5 cm³/mol. The molecule has 0 aromatic carbocycles. The van der Waals surface area contributed by atoms with Gasteiger partial charge >= 0.3 is 0 Å². The summed E-state index contributed by atoms with van der Waals surface area (Å²) in [6.07, 6.45) is 1.31. The van der Waals surface area contributed by atoms with Crippen LogP contribution in [0.1, 0.15) is 34.1 Å². The Balaban J connectivity index is 2.18. The van der Waals surface area contributed by atoms with E-state index in [9.17, 15) is 0 Å². The van der Waals surface area contributed by atoms with Crippen LogP contribution in [0, 0.1) is 0 Å². The zero-order chi connectivity index (χ0) is 12.8. The first-order valence-corrected chi connectivity index (χ1v) is 7.17. The molecule has 0 radical (unpaired) electrons. The van der Waals surface area contributed by atoms with Gasteiger partial charge in [0.25, 0.3) is 0 Å². The van der Waals surface area contributed by atoms with E-state index in [1.54, 1.807) is 0 Å². The van der Waals surface area contributed by atoms with Gasteiger partial charge < -0.3 is 9.80 Å². The van der Waals surface area contributed by atoms with Crippen LogP contribution >= 0.6 is 0 Å². The van der Waals surface area contributed by atoms with Gasteiger partial charge in [-0.2, -0.15) is 0 Å². The van der Waals surface area contributed by atoms with Crippen LogP contribution in [0.4, 0.5) is 0 Å². The highest BCUT2D eigenvalue weighted by atomic mass is 15.2. The van der Waals surface area contributed by atoms with Crippen molar-refractivity contribution < 1.29 is 0 Å². The van der Waals surface area contributed by atoms with Crippen LogP contribution < -0.4 is 0 Å². The van der Waals surface area contributed by atoms with Crippen molar-refractivity contribution in [3.05, 3.63) is 0 Å². The van der Waals surface area contributed by atoms with Crippen molar-refractivity contribution in [3.8, 4) is 0 Å². The molecule has 1 heterocycles. The maximum absolute atomic E-state index is 2.61. The van der Waals surface area contributed by atoms with Crippen molar-refractivity contribution in [1.82, 2.24) is 14.7 Å². The number of nitrogens with zero attached hydrogens (tertiary/aromatic N) is 3. The van der Waals surface area contributed by atoms with Gasteiger partial charge in [0.1, 0.15) is 0 Å². The molecule has 0 aliphatic carbocycles. The first kappa shape index (κ1) is 14.9. The van der Waals surface area contributed by atoms with Crippen molar-refractivity contribution in [2.24, 2.45) is 0 Å². The lowest BCUT2D eigenvalue weighted by molar-refractivity contribution is 0.131. The van der Waals surface area contributed by atoms with Gasteiger partial charge in [0, 0.05) is 38.3 Å². The van der Waals surface area contributed by atoms with E-state index in [0.717, 1.165) is 0 Å². The molecule has 1 rings (SSSR count). The summed E-state index contributed by atoms with van der Waals surface area (Å²) < 4.78 is 0. The van der Waals surface area contributed by atoms with Crippen molar-refractivity contribution in [1.29, 1.82) is 0 Å². The van der Waals surface area contributed by atoms with Gasteiger partial charge in [0.2, 0.25) is 0 Å². The second-order valence-electron chi connectivity index (χ2n) is 5.92. The predicted octanol–water partition coefficient (Wildman–Crippen LogP) is 1.74. The third-order valence-electron chi connectivity index (χ3n) is 3.81. The van der Waals surface area contributed by atoms with Crippen molar-refractivity contribution in [2.45, 2.75) is 46.2 Å². The number of likely N-dealkylation sites (N-methyl/N-ethyl adjacent to an activating group) is 1. The first-order valence-electron chi connectivity index (χ1n) is 7.17. The lowest BCUT2D eigenvalue weighted by Gasteiger charge is -2.34. The Morgan fingerprint density at radius 3 is 1.94 bits per heavy atom. The molecule has 3 nitrogen and oxygen atoms in total. The summed E-state index contributed by atoms with van der Waals surface area (Å²) in [6.45, 7) is 16.7. The SMILES string of the molecule is CC(C)N(CCCN1CCN(C)CC1)C(C)C. The van der Waals surface area contributed by atoms with Crippen LogP contribution in [0.2, 0.25) is 0 Å². The zero-order valence-corrected chi connectivity index (χ0v) is 12.4. The van der Waals surface area contributed by atoms with E-state index in [2.05, 4.69) is 49.4 Å². The largest absolute Gasteiger partial charge is 0.304 e. The molecule has 0 saturated carbocycles. The fraction of sp³-hybridized carbons (Fsp3) is 1.00. The van der Waals surface area contributed by atoms with Crippen LogP contribution in [0.3, 0.4) is 0 Å². The molecule has 0 bridgehead atoms. The molecule has 0 N–H and O–H groups in total. The lowest BCUT2D eigenvalue weighted by atomic mass is 10.2. The summed E-state index contributed by atoms with van der Waals surface area (Å²) in [5.41, 5.74) is 0. The van der Waals surface area contributed by atoms with Gasteiger partial charge in [-0.05, 0) is 54.3 Å². The fourth-order valence-electron chi connectivity index (χ4n) is 2.66. The quantitative estimate of drug-likeness (QED) is 0.701. The highest BCUT2D eigenvalue weighted by molar-refractivity contribution is 4.72. The smallest absolute Gasteiger partial charge is 0.0110 e. The Morgan fingerprint density at radius 2 is 1.47 bits per heavy atom. The van der Waals surface area contributed by atoms with E-state index in [1.165, 1.54) is 45.7 Å². The van der Waals surface area contributed by atoms with Crippen molar-refractivity contribution >= 4 is 0 Å². The van der Waals surface area contributed by atoms with Crippen LogP contribution in [-0.4, -0.2) is 73.1 Å². The average Bonchev–Trinajstić information content (AvgIpc) is 2.25. The van der Waals surface area contributed by atoms with Gasteiger partial charge in [0.05, 0.1) is 0 Å². The normalized spacial score (nSPS) is 19.8. The van der Waals surface area contributed by atoms with Gasteiger partial charge in [-0.1, -0.05) is 0 Å². The summed E-state index contributed by atoms with van der Waals surface area (Å²) in [4.78, 5) is 7.62.